The molecule has 106 valence electrons. The van der Waals surface area contributed by atoms with Crippen molar-refractivity contribution in [3.63, 3.8) is 0 Å². The highest BCUT2D eigenvalue weighted by Gasteiger charge is 2.30. The molecule has 4 heteroatoms. The molecule has 1 aliphatic rings. The SMILES string of the molecule is CCC(C)C(N)C(=O)N1CCN(C(C)(C)C)CC1. The molecule has 0 spiro atoms. The number of hydrogen-bond donors (Lipinski definition) is 1. The molecular formula is C14H29N3O. The Kier molecular flexibility index (Phi) is 5.17. The van der Waals surface area contributed by atoms with Gasteiger partial charge in [0.05, 0.1) is 6.04 Å². The van der Waals surface area contributed by atoms with Crippen LogP contribution in [0.5, 0.6) is 0 Å². The van der Waals surface area contributed by atoms with Crippen LogP contribution in [-0.2, 0) is 4.79 Å². The minimum absolute atomic E-state index is 0.123. The van der Waals surface area contributed by atoms with E-state index in [1.165, 1.54) is 0 Å². The molecule has 1 amide bonds. The summed E-state index contributed by atoms with van der Waals surface area (Å²) >= 11 is 0. The Balaban J connectivity index is 2.50. The highest BCUT2D eigenvalue weighted by atomic mass is 16.2. The van der Waals surface area contributed by atoms with Gasteiger partial charge in [0.25, 0.3) is 0 Å². The van der Waals surface area contributed by atoms with Gasteiger partial charge in [-0.3, -0.25) is 9.69 Å². The van der Waals surface area contributed by atoms with Gasteiger partial charge in [0.15, 0.2) is 0 Å². The number of nitrogens with zero attached hydrogens (tertiary/aromatic N) is 2. The number of hydrogen-bond acceptors (Lipinski definition) is 3. The van der Waals surface area contributed by atoms with Crippen LogP contribution in [0.2, 0.25) is 0 Å². The number of amides is 1. The van der Waals surface area contributed by atoms with Gasteiger partial charge in [0, 0.05) is 31.7 Å². The van der Waals surface area contributed by atoms with E-state index in [-0.39, 0.29) is 23.4 Å². The molecule has 1 heterocycles. The Bertz CT molecular complexity index is 277. The molecule has 0 aromatic heterocycles. The van der Waals surface area contributed by atoms with E-state index in [4.69, 9.17) is 5.73 Å². The summed E-state index contributed by atoms with van der Waals surface area (Å²) in [4.78, 5) is 16.6. The molecule has 1 fully saturated rings. The molecule has 0 aliphatic carbocycles. The fourth-order valence-electron chi connectivity index (χ4n) is 2.31. The summed E-state index contributed by atoms with van der Waals surface area (Å²) in [6.07, 6.45) is 0.953. The summed E-state index contributed by atoms with van der Waals surface area (Å²) in [5, 5.41) is 0. The van der Waals surface area contributed by atoms with Crippen LogP contribution in [-0.4, -0.2) is 53.5 Å². The Morgan fingerprint density at radius 3 is 2.11 bits per heavy atom. The molecule has 0 saturated carbocycles. The van der Waals surface area contributed by atoms with Gasteiger partial charge in [-0.25, -0.2) is 0 Å². The van der Waals surface area contributed by atoms with Crippen molar-refractivity contribution in [2.45, 2.75) is 52.6 Å². The molecule has 0 radical (unpaired) electrons. The van der Waals surface area contributed by atoms with Crippen molar-refractivity contribution in [2.75, 3.05) is 26.2 Å². The van der Waals surface area contributed by atoms with Crippen LogP contribution in [0.25, 0.3) is 0 Å². The third-order valence-electron chi connectivity index (χ3n) is 4.08. The molecule has 0 bridgehead atoms. The van der Waals surface area contributed by atoms with E-state index in [0.717, 1.165) is 32.6 Å². The average Bonchev–Trinajstić information content (AvgIpc) is 2.35. The van der Waals surface area contributed by atoms with Crippen molar-refractivity contribution >= 4 is 5.91 Å². The molecule has 0 aromatic rings. The van der Waals surface area contributed by atoms with Gasteiger partial charge in [-0.05, 0) is 26.7 Å². The van der Waals surface area contributed by atoms with Crippen LogP contribution in [0.3, 0.4) is 0 Å². The maximum atomic E-state index is 12.2. The van der Waals surface area contributed by atoms with Crippen molar-refractivity contribution in [3.05, 3.63) is 0 Å². The zero-order valence-corrected chi connectivity index (χ0v) is 12.6. The number of nitrogens with two attached hydrogens (primary N) is 1. The lowest BCUT2D eigenvalue weighted by molar-refractivity contribution is -0.136. The van der Waals surface area contributed by atoms with Crippen molar-refractivity contribution in [3.8, 4) is 0 Å². The first kappa shape index (κ1) is 15.4. The molecule has 1 aliphatic heterocycles. The maximum absolute atomic E-state index is 12.2. The molecular weight excluding hydrogens is 226 g/mol. The van der Waals surface area contributed by atoms with E-state index in [9.17, 15) is 4.79 Å². The Hall–Kier alpha value is -0.610. The molecule has 1 rings (SSSR count). The second-order valence-electron chi connectivity index (χ2n) is 6.39. The summed E-state index contributed by atoms with van der Waals surface area (Å²) in [5.74, 6) is 0.385. The van der Waals surface area contributed by atoms with Crippen LogP contribution in [0.15, 0.2) is 0 Å². The summed E-state index contributed by atoms with van der Waals surface area (Å²) in [7, 11) is 0. The zero-order valence-electron chi connectivity index (χ0n) is 12.6. The second kappa shape index (κ2) is 6.02. The fourth-order valence-corrected chi connectivity index (χ4v) is 2.31. The first-order valence-corrected chi connectivity index (χ1v) is 7.06. The lowest BCUT2D eigenvalue weighted by Crippen LogP contribution is -2.57. The Morgan fingerprint density at radius 2 is 1.72 bits per heavy atom. The predicted octanol–water partition coefficient (Wildman–Crippen LogP) is 1.30. The number of piperazine rings is 1. The van der Waals surface area contributed by atoms with Crippen molar-refractivity contribution in [1.82, 2.24) is 9.80 Å². The highest BCUT2D eigenvalue weighted by molar-refractivity contribution is 5.82. The molecule has 2 unspecified atom stereocenters. The van der Waals surface area contributed by atoms with Crippen molar-refractivity contribution in [1.29, 1.82) is 0 Å². The highest BCUT2D eigenvalue weighted by Crippen LogP contribution is 2.17. The van der Waals surface area contributed by atoms with Crippen LogP contribution in [0, 0.1) is 5.92 Å². The largest absolute Gasteiger partial charge is 0.339 e. The first-order valence-electron chi connectivity index (χ1n) is 7.06. The van der Waals surface area contributed by atoms with Crippen LogP contribution in [0.4, 0.5) is 0 Å². The first-order chi connectivity index (χ1) is 8.27. The smallest absolute Gasteiger partial charge is 0.239 e. The molecule has 0 aromatic carbocycles. The Labute approximate surface area is 111 Å². The monoisotopic (exact) mass is 255 g/mol. The standard InChI is InChI=1S/C14H29N3O/c1-6-11(2)12(15)13(18)16-7-9-17(10-8-16)14(3,4)5/h11-12H,6-10,15H2,1-5H3. The molecule has 18 heavy (non-hydrogen) atoms. The van der Waals surface area contributed by atoms with Crippen LogP contribution < -0.4 is 5.73 Å². The van der Waals surface area contributed by atoms with Crippen LogP contribution >= 0.6 is 0 Å². The molecule has 2 atom stereocenters. The van der Waals surface area contributed by atoms with Crippen LogP contribution in [0.1, 0.15) is 41.0 Å². The number of rotatable bonds is 3. The lowest BCUT2D eigenvalue weighted by Gasteiger charge is -2.43. The van der Waals surface area contributed by atoms with E-state index >= 15 is 0 Å². The fraction of sp³-hybridized carbons (Fsp3) is 0.929. The zero-order chi connectivity index (χ0) is 13.9. The van der Waals surface area contributed by atoms with Gasteiger partial charge in [0.1, 0.15) is 0 Å². The van der Waals surface area contributed by atoms with E-state index < -0.39 is 0 Å². The van der Waals surface area contributed by atoms with Gasteiger partial charge in [-0.2, -0.15) is 0 Å². The van der Waals surface area contributed by atoms with E-state index in [2.05, 4.69) is 32.6 Å². The third-order valence-corrected chi connectivity index (χ3v) is 4.08. The van der Waals surface area contributed by atoms with Gasteiger partial charge >= 0.3 is 0 Å². The van der Waals surface area contributed by atoms with Crippen molar-refractivity contribution < 1.29 is 4.79 Å². The number of carbonyl (C=O) groups excluding carboxylic acids is 1. The van der Waals surface area contributed by atoms with E-state index in [0.29, 0.717) is 0 Å². The summed E-state index contributed by atoms with van der Waals surface area (Å²) in [6.45, 7) is 14.3. The normalized spacial score (nSPS) is 21.8. The Morgan fingerprint density at radius 1 is 1.22 bits per heavy atom. The summed E-state index contributed by atoms with van der Waals surface area (Å²) in [6, 6.07) is -0.337. The minimum Gasteiger partial charge on any atom is -0.339 e. The van der Waals surface area contributed by atoms with Gasteiger partial charge in [-0.15, -0.1) is 0 Å². The van der Waals surface area contributed by atoms with Gasteiger partial charge in [-0.1, -0.05) is 20.3 Å². The van der Waals surface area contributed by atoms with E-state index in [1.54, 1.807) is 0 Å². The van der Waals surface area contributed by atoms with E-state index in [1.807, 2.05) is 11.8 Å². The molecule has 4 nitrogen and oxygen atoms in total. The minimum atomic E-state index is -0.337. The van der Waals surface area contributed by atoms with Gasteiger partial charge < -0.3 is 10.6 Å². The van der Waals surface area contributed by atoms with Gasteiger partial charge in [0.2, 0.25) is 5.91 Å². The maximum Gasteiger partial charge on any atom is 0.239 e. The molecule has 2 N–H and O–H groups in total. The number of carbonyl (C=O) groups is 1. The molecule has 1 saturated heterocycles. The average molecular weight is 255 g/mol. The van der Waals surface area contributed by atoms with Crippen molar-refractivity contribution in [2.24, 2.45) is 11.7 Å². The predicted molar refractivity (Wildman–Crippen MR) is 75.3 cm³/mol. The summed E-state index contributed by atoms with van der Waals surface area (Å²) < 4.78 is 0. The quantitative estimate of drug-likeness (QED) is 0.827. The lowest BCUT2D eigenvalue weighted by atomic mass is 9.98. The topological polar surface area (TPSA) is 49.6 Å². The third kappa shape index (κ3) is 3.69. The summed E-state index contributed by atoms with van der Waals surface area (Å²) in [5.41, 5.74) is 6.21. The second-order valence-corrected chi connectivity index (χ2v) is 6.39.